The van der Waals surface area contributed by atoms with Gasteiger partial charge in [-0.05, 0) is 35.9 Å². The van der Waals surface area contributed by atoms with Crippen LogP contribution in [0.15, 0.2) is 48.0 Å². The molecular formula is C18H13ClFNO4. The van der Waals surface area contributed by atoms with Gasteiger partial charge in [0.2, 0.25) is 0 Å². The van der Waals surface area contributed by atoms with Crippen LogP contribution in [0.25, 0.3) is 5.76 Å². The van der Waals surface area contributed by atoms with Crippen LogP contribution in [0.2, 0.25) is 5.02 Å². The van der Waals surface area contributed by atoms with E-state index < -0.39 is 29.3 Å². The first-order valence-electron chi connectivity index (χ1n) is 7.30. The number of Topliss-reactive ketones (excluding diaryl/α,β-unsaturated/α-hetero) is 1. The first kappa shape index (κ1) is 17.0. The lowest BCUT2D eigenvalue weighted by atomic mass is 9.96. The monoisotopic (exact) mass is 361 g/mol. The van der Waals surface area contributed by atoms with Gasteiger partial charge >= 0.3 is 0 Å². The van der Waals surface area contributed by atoms with Gasteiger partial charge in [0.15, 0.2) is 11.6 Å². The Kier molecular flexibility index (Phi) is 4.46. The predicted octanol–water partition coefficient (Wildman–Crippen LogP) is 3.20. The summed E-state index contributed by atoms with van der Waals surface area (Å²) in [5.41, 5.74) is 0.494. The van der Waals surface area contributed by atoms with Crippen molar-refractivity contribution >= 4 is 29.1 Å². The van der Waals surface area contributed by atoms with Crippen LogP contribution in [0.1, 0.15) is 17.2 Å². The van der Waals surface area contributed by atoms with Crippen molar-refractivity contribution in [1.82, 2.24) is 5.32 Å². The van der Waals surface area contributed by atoms with Gasteiger partial charge in [-0.2, -0.15) is 0 Å². The van der Waals surface area contributed by atoms with Gasteiger partial charge in [0.05, 0.1) is 18.7 Å². The maximum absolute atomic E-state index is 13.9. The normalized spacial score (nSPS) is 18.9. The predicted molar refractivity (Wildman–Crippen MR) is 89.8 cm³/mol. The van der Waals surface area contributed by atoms with Crippen LogP contribution in [-0.2, 0) is 9.59 Å². The van der Waals surface area contributed by atoms with E-state index in [-0.39, 0.29) is 16.9 Å². The lowest BCUT2D eigenvalue weighted by Crippen LogP contribution is -2.21. The molecule has 1 amide bonds. The molecule has 1 heterocycles. The van der Waals surface area contributed by atoms with Crippen LogP contribution < -0.4 is 10.1 Å². The summed E-state index contributed by atoms with van der Waals surface area (Å²) in [4.78, 5) is 24.0. The number of carbonyl (C=O) groups excluding carboxylic acids is 2. The van der Waals surface area contributed by atoms with E-state index in [9.17, 15) is 19.1 Å². The largest absolute Gasteiger partial charge is 0.507 e. The van der Waals surface area contributed by atoms with Gasteiger partial charge < -0.3 is 15.2 Å². The Bertz CT molecular complexity index is 892. The zero-order valence-electron chi connectivity index (χ0n) is 13.0. The van der Waals surface area contributed by atoms with E-state index in [0.29, 0.717) is 10.6 Å². The highest BCUT2D eigenvalue weighted by Gasteiger charge is 2.39. The van der Waals surface area contributed by atoms with Crippen molar-refractivity contribution in [3.05, 3.63) is 70.0 Å². The molecule has 3 rings (SSSR count). The number of amides is 1. The number of carbonyl (C=O) groups is 2. The van der Waals surface area contributed by atoms with Gasteiger partial charge in [-0.15, -0.1) is 0 Å². The highest BCUT2D eigenvalue weighted by atomic mass is 35.5. The number of rotatable bonds is 3. The van der Waals surface area contributed by atoms with Crippen molar-refractivity contribution in [2.45, 2.75) is 6.04 Å². The fraction of sp³-hybridized carbons (Fsp3) is 0.111. The maximum atomic E-state index is 13.9. The number of hydrogen-bond acceptors (Lipinski definition) is 4. The number of nitrogens with one attached hydrogen (secondary N) is 1. The number of ketones is 1. The Morgan fingerprint density at radius 2 is 1.88 bits per heavy atom. The minimum Gasteiger partial charge on any atom is -0.507 e. The molecule has 1 fully saturated rings. The molecule has 0 bridgehead atoms. The molecule has 0 unspecified atom stereocenters. The number of methoxy groups -OCH3 is 1. The summed E-state index contributed by atoms with van der Waals surface area (Å²) in [5, 5.41) is 13.5. The van der Waals surface area contributed by atoms with Crippen LogP contribution in [0, 0.1) is 5.82 Å². The highest BCUT2D eigenvalue weighted by molar-refractivity contribution is 6.46. The van der Waals surface area contributed by atoms with Gasteiger partial charge in [0.1, 0.15) is 5.76 Å². The second-order valence-corrected chi connectivity index (χ2v) is 5.84. The SMILES string of the molecule is COc1ccc(C(O)=C2C(=O)C(=O)N[C@H]2c2ccc(Cl)cc2)cc1F. The molecule has 0 aliphatic carbocycles. The molecule has 25 heavy (non-hydrogen) atoms. The van der Waals surface area contributed by atoms with Crippen LogP contribution in [0.5, 0.6) is 5.75 Å². The lowest BCUT2D eigenvalue weighted by Gasteiger charge is -2.14. The Morgan fingerprint density at radius 1 is 1.20 bits per heavy atom. The van der Waals surface area contributed by atoms with Crippen molar-refractivity contribution < 1.29 is 23.8 Å². The Morgan fingerprint density at radius 3 is 2.48 bits per heavy atom. The van der Waals surface area contributed by atoms with Crippen LogP contribution >= 0.6 is 11.6 Å². The minimum atomic E-state index is -0.867. The molecule has 5 nitrogen and oxygen atoms in total. The van der Waals surface area contributed by atoms with E-state index in [1.807, 2.05) is 0 Å². The molecule has 0 aromatic heterocycles. The molecule has 2 aromatic rings. The maximum Gasteiger partial charge on any atom is 0.293 e. The fourth-order valence-electron chi connectivity index (χ4n) is 2.64. The summed E-state index contributed by atoms with van der Waals surface area (Å²) in [6.07, 6.45) is 0. The summed E-state index contributed by atoms with van der Waals surface area (Å²) < 4.78 is 18.7. The molecule has 0 spiro atoms. The molecule has 128 valence electrons. The van der Waals surface area contributed by atoms with E-state index in [2.05, 4.69) is 5.32 Å². The first-order valence-corrected chi connectivity index (χ1v) is 7.68. The van der Waals surface area contributed by atoms with Crippen molar-refractivity contribution in [2.75, 3.05) is 7.11 Å². The van der Waals surface area contributed by atoms with Gasteiger partial charge in [0, 0.05) is 10.6 Å². The highest BCUT2D eigenvalue weighted by Crippen LogP contribution is 2.34. The molecule has 0 radical (unpaired) electrons. The van der Waals surface area contributed by atoms with Crippen molar-refractivity contribution in [3.63, 3.8) is 0 Å². The Labute approximate surface area is 147 Å². The molecule has 2 N–H and O–H groups in total. The molecule has 1 aliphatic rings. The third-order valence-electron chi connectivity index (χ3n) is 3.90. The van der Waals surface area contributed by atoms with Crippen molar-refractivity contribution in [1.29, 1.82) is 0 Å². The standard InChI is InChI=1S/C18H13ClFNO4/c1-25-13-7-4-10(8-12(13)20)16(22)14-15(21-18(24)17(14)23)9-2-5-11(19)6-3-9/h2-8,15,22H,1H3,(H,21,24)/t15-/m0/s1. The molecule has 0 saturated carbocycles. The molecule has 1 aliphatic heterocycles. The van der Waals surface area contributed by atoms with Crippen LogP contribution in [0.4, 0.5) is 4.39 Å². The van der Waals surface area contributed by atoms with E-state index in [1.165, 1.54) is 19.2 Å². The molecular weight excluding hydrogens is 349 g/mol. The summed E-state index contributed by atoms with van der Waals surface area (Å²) in [5.74, 6) is -2.86. The Balaban J connectivity index is 2.10. The van der Waals surface area contributed by atoms with E-state index in [0.717, 1.165) is 6.07 Å². The zero-order chi connectivity index (χ0) is 18.1. The van der Waals surface area contributed by atoms with Gasteiger partial charge in [-0.25, -0.2) is 4.39 Å². The average molecular weight is 362 g/mol. The molecule has 7 heteroatoms. The van der Waals surface area contributed by atoms with E-state index >= 15 is 0 Å². The number of ether oxygens (including phenoxy) is 1. The summed E-state index contributed by atoms with van der Waals surface area (Å²) >= 11 is 5.85. The third-order valence-corrected chi connectivity index (χ3v) is 4.15. The number of aliphatic hydroxyl groups is 1. The number of halogens is 2. The smallest absolute Gasteiger partial charge is 0.293 e. The number of aliphatic hydroxyl groups excluding tert-OH is 1. The second-order valence-electron chi connectivity index (χ2n) is 5.40. The van der Waals surface area contributed by atoms with Crippen molar-refractivity contribution in [3.8, 4) is 5.75 Å². The molecule has 1 atom stereocenters. The summed E-state index contributed by atoms with van der Waals surface area (Å²) in [6.45, 7) is 0. The quantitative estimate of drug-likeness (QED) is 0.500. The number of hydrogen-bond donors (Lipinski definition) is 2. The van der Waals surface area contributed by atoms with Gasteiger partial charge in [-0.1, -0.05) is 23.7 Å². The van der Waals surface area contributed by atoms with Gasteiger partial charge in [0.25, 0.3) is 11.7 Å². The third kappa shape index (κ3) is 3.08. The summed E-state index contributed by atoms with van der Waals surface area (Å²) in [7, 11) is 1.32. The molecule has 2 aromatic carbocycles. The first-order chi connectivity index (χ1) is 11.9. The van der Waals surface area contributed by atoms with Gasteiger partial charge in [-0.3, -0.25) is 9.59 Å². The van der Waals surface area contributed by atoms with Crippen molar-refractivity contribution in [2.24, 2.45) is 0 Å². The minimum absolute atomic E-state index is 0.00255. The van der Waals surface area contributed by atoms with E-state index in [4.69, 9.17) is 16.3 Å². The van der Waals surface area contributed by atoms with Crippen LogP contribution in [-0.4, -0.2) is 23.9 Å². The second kappa shape index (κ2) is 6.57. The average Bonchev–Trinajstić information content (AvgIpc) is 2.90. The lowest BCUT2D eigenvalue weighted by molar-refractivity contribution is -0.133. The van der Waals surface area contributed by atoms with Crippen LogP contribution in [0.3, 0.4) is 0 Å². The fourth-order valence-corrected chi connectivity index (χ4v) is 2.77. The Hall–Kier alpha value is -2.86. The topological polar surface area (TPSA) is 75.6 Å². The zero-order valence-corrected chi connectivity index (χ0v) is 13.8. The molecule has 1 saturated heterocycles. The summed E-state index contributed by atoms with van der Waals surface area (Å²) in [6, 6.07) is 9.40. The number of benzene rings is 2. The van der Waals surface area contributed by atoms with E-state index in [1.54, 1.807) is 24.3 Å².